The molecule has 0 saturated heterocycles. The molecular weight excluding hydrogens is 284 g/mol. The number of hydrogen-bond acceptors (Lipinski definition) is 5. The standard InChI is InChI=1S/C16H20N2O4/c1-3-16(12-17,10-14(19)21-4-2)18-15(20)22-11-13-8-6-5-7-9-13/h5-9H,3-4,10-11H2,1-2H3,(H,18,20). The van der Waals surface area contributed by atoms with Crippen LogP contribution in [0.3, 0.4) is 0 Å². The van der Waals surface area contributed by atoms with Crippen LogP contribution < -0.4 is 5.32 Å². The first kappa shape index (κ1) is 17.5. The Morgan fingerprint density at radius 3 is 2.45 bits per heavy atom. The Balaban J connectivity index is 2.60. The van der Waals surface area contributed by atoms with Crippen molar-refractivity contribution in [3.63, 3.8) is 0 Å². The Bertz CT molecular complexity index is 539. The quantitative estimate of drug-likeness (QED) is 0.782. The smallest absolute Gasteiger partial charge is 0.408 e. The summed E-state index contributed by atoms with van der Waals surface area (Å²) in [5, 5.41) is 11.8. The number of amides is 1. The van der Waals surface area contributed by atoms with Crippen LogP contribution in [0.4, 0.5) is 4.79 Å². The van der Waals surface area contributed by atoms with Crippen molar-refractivity contribution in [1.82, 2.24) is 5.32 Å². The fraction of sp³-hybridized carbons (Fsp3) is 0.438. The van der Waals surface area contributed by atoms with Crippen LogP contribution in [-0.2, 0) is 20.9 Å². The van der Waals surface area contributed by atoms with E-state index in [2.05, 4.69) is 5.32 Å². The zero-order chi connectivity index (χ0) is 16.4. The van der Waals surface area contributed by atoms with E-state index in [0.717, 1.165) is 5.56 Å². The van der Waals surface area contributed by atoms with Crippen LogP contribution >= 0.6 is 0 Å². The number of nitriles is 1. The van der Waals surface area contributed by atoms with Crippen molar-refractivity contribution in [3.05, 3.63) is 35.9 Å². The van der Waals surface area contributed by atoms with Crippen molar-refractivity contribution in [1.29, 1.82) is 5.26 Å². The molecule has 118 valence electrons. The van der Waals surface area contributed by atoms with Crippen LogP contribution in [0.5, 0.6) is 0 Å². The summed E-state index contributed by atoms with van der Waals surface area (Å²) in [5.41, 5.74) is -0.484. The zero-order valence-corrected chi connectivity index (χ0v) is 12.8. The third-order valence-corrected chi connectivity index (χ3v) is 3.12. The van der Waals surface area contributed by atoms with Gasteiger partial charge >= 0.3 is 12.1 Å². The van der Waals surface area contributed by atoms with E-state index in [9.17, 15) is 14.9 Å². The van der Waals surface area contributed by atoms with Crippen LogP contribution in [0.15, 0.2) is 30.3 Å². The third kappa shape index (κ3) is 5.44. The van der Waals surface area contributed by atoms with Gasteiger partial charge in [0.05, 0.1) is 19.1 Å². The van der Waals surface area contributed by atoms with Gasteiger partial charge in [0, 0.05) is 0 Å². The van der Waals surface area contributed by atoms with E-state index in [-0.39, 0.29) is 26.1 Å². The van der Waals surface area contributed by atoms with Crippen molar-refractivity contribution in [2.75, 3.05) is 6.61 Å². The normalized spacial score (nSPS) is 12.6. The molecule has 1 rings (SSSR count). The van der Waals surface area contributed by atoms with Gasteiger partial charge in [-0.1, -0.05) is 37.3 Å². The minimum atomic E-state index is -1.32. The number of alkyl carbamates (subject to hydrolysis) is 1. The van der Waals surface area contributed by atoms with Gasteiger partial charge in [0.15, 0.2) is 0 Å². The Morgan fingerprint density at radius 1 is 1.23 bits per heavy atom. The van der Waals surface area contributed by atoms with Gasteiger partial charge in [-0.05, 0) is 18.9 Å². The minimum absolute atomic E-state index is 0.0945. The van der Waals surface area contributed by atoms with E-state index in [1.165, 1.54) is 0 Å². The lowest BCUT2D eigenvalue weighted by Crippen LogP contribution is -2.48. The van der Waals surface area contributed by atoms with Crippen LogP contribution in [0.25, 0.3) is 0 Å². The van der Waals surface area contributed by atoms with E-state index in [0.29, 0.717) is 0 Å². The summed E-state index contributed by atoms with van der Waals surface area (Å²) in [6.45, 7) is 3.71. The monoisotopic (exact) mass is 304 g/mol. The highest BCUT2D eigenvalue weighted by Gasteiger charge is 2.34. The highest BCUT2D eigenvalue weighted by Crippen LogP contribution is 2.16. The van der Waals surface area contributed by atoms with E-state index in [1.807, 2.05) is 36.4 Å². The molecule has 0 bridgehead atoms. The summed E-state index contributed by atoms with van der Waals surface area (Å²) >= 11 is 0. The molecule has 0 aromatic heterocycles. The molecule has 6 nitrogen and oxygen atoms in total. The first-order chi connectivity index (χ1) is 10.5. The second-order valence-corrected chi connectivity index (χ2v) is 4.72. The fourth-order valence-electron chi connectivity index (χ4n) is 1.82. The molecule has 0 fully saturated rings. The highest BCUT2D eigenvalue weighted by atomic mass is 16.5. The van der Waals surface area contributed by atoms with Gasteiger partial charge in [0.2, 0.25) is 0 Å². The Morgan fingerprint density at radius 2 is 1.91 bits per heavy atom. The average Bonchev–Trinajstić information content (AvgIpc) is 2.53. The summed E-state index contributed by atoms with van der Waals surface area (Å²) in [6.07, 6.45) is -0.687. The molecule has 6 heteroatoms. The molecule has 0 aliphatic heterocycles. The Kier molecular flexibility index (Phi) is 6.90. The molecule has 0 aliphatic rings. The molecule has 0 spiro atoms. The number of esters is 1. The molecule has 0 aliphatic carbocycles. The molecular formula is C16H20N2O4. The van der Waals surface area contributed by atoms with Crippen LogP contribution in [0.1, 0.15) is 32.3 Å². The maximum absolute atomic E-state index is 11.9. The molecule has 22 heavy (non-hydrogen) atoms. The molecule has 0 radical (unpaired) electrons. The number of hydrogen-bond donors (Lipinski definition) is 1. The second kappa shape index (κ2) is 8.67. The van der Waals surface area contributed by atoms with Crippen molar-refractivity contribution in [3.8, 4) is 6.07 Å². The molecule has 1 atom stereocenters. The average molecular weight is 304 g/mol. The number of nitrogens with one attached hydrogen (secondary N) is 1. The fourth-order valence-corrected chi connectivity index (χ4v) is 1.82. The van der Waals surface area contributed by atoms with E-state index >= 15 is 0 Å². The zero-order valence-electron chi connectivity index (χ0n) is 12.8. The van der Waals surface area contributed by atoms with Crippen molar-refractivity contribution in [2.24, 2.45) is 0 Å². The lowest BCUT2D eigenvalue weighted by molar-refractivity contribution is -0.144. The summed E-state index contributed by atoms with van der Waals surface area (Å²) < 4.78 is 9.91. The Labute approximate surface area is 130 Å². The summed E-state index contributed by atoms with van der Waals surface area (Å²) in [6, 6.07) is 11.2. The maximum Gasteiger partial charge on any atom is 0.408 e. The number of nitrogens with zero attached hydrogens (tertiary/aromatic N) is 1. The molecule has 1 aromatic carbocycles. The largest absolute Gasteiger partial charge is 0.466 e. The molecule has 0 saturated carbocycles. The number of benzene rings is 1. The van der Waals surface area contributed by atoms with Crippen molar-refractivity contribution < 1.29 is 19.1 Å². The SMILES string of the molecule is CCOC(=O)CC(C#N)(CC)NC(=O)OCc1ccccc1. The minimum Gasteiger partial charge on any atom is -0.466 e. The summed E-state index contributed by atoms with van der Waals surface area (Å²) in [7, 11) is 0. The first-order valence-corrected chi connectivity index (χ1v) is 7.11. The number of ether oxygens (including phenoxy) is 2. The van der Waals surface area contributed by atoms with Gasteiger partial charge in [-0.15, -0.1) is 0 Å². The van der Waals surface area contributed by atoms with Crippen LogP contribution in [0, 0.1) is 11.3 Å². The van der Waals surface area contributed by atoms with Gasteiger partial charge in [-0.2, -0.15) is 5.26 Å². The predicted octanol–water partition coefficient (Wildman–Crippen LogP) is 2.54. The van der Waals surface area contributed by atoms with Gasteiger partial charge in [0.25, 0.3) is 0 Å². The van der Waals surface area contributed by atoms with Gasteiger partial charge in [0.1, 0.15) is 12.1 Å². The Hall–Kier alpha value is -2.55. The van der Waals surface area contributed by atoms with Gasteiger partial charge < -0.3 is 14.8 Å². The lowest BCUT2D eigenvalue weighted by Gasteiger charge is -2.25. The van der Waals surface area contributed by atoms with Crippen molar-refractivity contribution in [2.45, 2.75) is 38.8 Å². The molecule has 0 heterocycles. The molecule has 1 unspecified atom stereocenters. The number of carbonyl (C=O) groups excluding carboxylic acids is 2. The number of carbonyl (C=O) groups is 2. The molecule has 1 N–H and O–H groups in total. The van der Waals surface area contributed by atoms with Crippen LogP contribution in [0.2, 0.25) is 0 Å². The molecule has 1 aromatic rings. The van der Waals surface area contributed by atoms with E-state index in [4.69, 9.17) is 9.47 Å². The summed E-state index contributed by atoms with van der Waals surface area (Å²) in [5.74, 6) is -0.533. The van der Waals surface area contributed by atoms with E-state index < -0.39 is 17.6 Å². The highest BCUT2D eigenvalue weighted by molar-refractivity contribution is 5.75. The van der Waals surface area contributed by atoms with Gasteiger partial charge in [-0.25, -0.2) is 4.79 Å². The van der Waals surface area contributed by atoms with Crippen molar-refractivity contribution >= 4 is 12.1 Å². The molecule has 1 amide bonds. The lowest BCUT2D eigenvalue weighted by atomic mass is 9.94. The maximum atomic E-state index is 11.9. The third-order valence-electron chi connectivity index (χ3n) is 3.12. The topological polar surface area (TPSA) is 88.4 Å². The first-order valence-electron chi connectivity index (χ1n) is 7.11. The van der Waals surface area contributed by atoms with E-state index in [1.54, 1.807) is 13.8 Å². The summed E-state index contributed by atoms with van der Waals surface area (Å²) in [4.78, 5) is 23.4. The number of rotatable bonds is 7. The second-order valence-electron chi connectivity index (χ2n) is 4.72. The predicted molar refractivity (Wildman–Crippen MR) is 79.6 cm³/mol. The van der Waals surface area contributed by atoms with Gasteiger partial charge in [-0.3, -0.25) is 4.79 Å². The van der Waals surface area contributed by atoms with Crippen LogP contribution in [-0.4, -0.2) is 24.2 Å².